The molecule has 4 nitrogen and oxygen atoms in total. The van der Waals surface area contributed by atoms with E-state index in [-0.39, 0.29) is 0 Å². The minimum atomic E-state index is 0.865. The highest BCUT2D eigenvalue weighted by atomic mass is 32.1. The van der Waals surface area contributed by atoms with Crippen molar-refractivity contribution < 1.29 is 9.64 Å². The van der Waals surface area contributed by atoms with Crippen LogP contribution in [0, 0.1) is 4.77 Å². The third kappa shape index (κ3) is 2.89. The number of benzene rings is 1. The normalized spacial score (nSPS) is 18.8. The van der Waals surface area contributed by atoms with Crippen LogP contribution in [0.15, 0.2) is 30.3 Å². The molecule has 1 fully saturated rings. The molecule has 1 saturated heterocycles. The van der Waals surface area contributed by atoms with E-state index in [1.807, 2.05) is 0 Å². The molecule has 0 unspecified atom stereocenters. The maximum Gasteiger partial charge on any atom is 0.189 e. The second-order valence-corrected chi connectivity index (χ2v) is 6.87. The van der Waals surface area contributed by atoms with Crippen LogP contribution in [0.2, 0.25) is 0 Å². The number of nitrogens with one attached hydrogen (secondary N) is 1. The van der Waals surface area contributed by atoms with E-state index in [0.29, 0.717) is 0 Å². The Hall–Kier alpha value is -1.43. The largest absolute Gasteiger partial charge is 0.370 e. The Morgan fingerprint density at radius 3 is 2.43 bits per heavy atom. The van der Waals surface area contributed by atoms with Crippen molar-refractivity contribution in [1.29, 1.82) is 0 Å². The molecule has 1 aromatic heterocycles. The lowest BCUT2D eigenvalue weighted by Crippen LogP contribution is -3.13. The van der Waals surface area contributed by atoms with Crippen molar-refractivity contribution in [3.63, 3.8) is 0 Å². The van der Waals surface area contributed by atoms with Gasteiger partial charge < -0.3 is 9.64 Å². The lowest BCUT2D eigenvalue weighted by Gasteiger charge is -2.25. The molecule has 1 aliphatic heterocycles. The van der Waals surface area contributed by atoms with Gasteiger partial charge in [0, 0.05) is 17.1 Å². The number of fused-ring (bicyclic) bond motifs is 1. The van der Waals surface area contributed by atoms with Crippen molar-refractivity contribution in [3.05, 3.63) is 46.5 Å². The number of hydrogen-bond donors (Lipinski definition) is 1. The highest BCUT2D eigenvalue weighted by Crippen LogP contribution is 2.26. The predicted octanol–water partition coefficient (Wildman–Crippen LogP) is 1.76. The van der Waals surface area contributed by atoms with Crippen LogP contribution < -0.4 is 4.90 Å². The van der Waals surface area contributed by atoms with Gasteiger partial charge in [-0.2, -0.15) is 0 Å². The standard InChI is InChI=1S/C18H23N3OS/c23-18-20(14-19-10-12-22-13-11-19)16-8-4-5-9-17(16)21(18)15-6-2-1-3-7-15/h1-3,6-7H,4-5,8-14H2/p+1. The van der Waals surface area contributed by atoms with Crippen molar-refractivity contribution in [2.75, 3.05) is 26.3 Å². The van der Waals surface area contributed by atoms with Crippen molar-refractivity contribution in [2.24, 2.45) is 0 Å². The summed E-state index contributed by atoms with van der Waals surface area (Å²) in [5, 5.41) is 0. The molecule has 0 saturated carbocycles. The van der Waals surface area contributed by atoms with Crippen LogP contribution >= 0.6 is 12.2 Å². The van der Waals surface area contributed by atoms with Gasteiger partial charge in [-0.25, -0.2) is 0 Å². The summed E-state index contributed by atoms with van der Waals surface area (Å²) in [6, 6.07) is 10.6. The average molecular weight is 330 g/mol. The van der Waals surface area contributed by atoms with Crippen molar-refractivity contribution >= 4 is 12.2 Å². The van der Waals surface area contributed by atoms with E-state index in [2.05, 4.69) is 39.5 Å². The van der Waals surface area contributed by atoms with Gasteiger partial charge in [-0.05, 0) is 50.0 Å². The van der Waals surface area contributed by atoms with Gasteiger partial charge in [0.15, 0.2) is 11.4 Å². The van der Waals surface area contributed by atoms with Gasteiger partial charge in [-0.1, -0.05) is 18.2 Å². The molecule has 4 rings (SSSR count). The Morgan fingerprint density at radius 1 is 1.00 bits per heavy atom. The van der Waals surface area contributed by atoms with Gasteiger partial charge in [0.25, 0.3) is 0 Å². The number of para-hydroxylation sites is 1. The molecular formula is C18H24N3OS+. The van der Waals surface area contributed by atoms with Crippen LogP contribution in [-0.2, 0) is 24.2 Å². The van der Waals surface area contributed by atoms with Gasteiger partial charge >= 0.3 is 0 Å². The Bertz CT molecular complexity index is 729. The van der Waals surface area contributed by atoms with E-state index in [9.17, 15) is 0 Å². The quantitative estimate of drug-likeness (QED) is 0.867. The minimum Gasteiger partial charge on any atom is -0.370 e. The predicted molar refractivity (Wildman–Crippen MR) is 92.8 cm³/mol. The van der Waals surface area contributed by atoms with Crippen molar-refractivity contribution in [2.45, 2.75) is 32.4 Å². The number of ether oxygens (including phenoxy) is 1. The number of nitrogens with zero attached hydrogens (tertiary/aromatic N) is 2. The second-order valence-electron chi connectivity index (χ2n) is 6.50. The van der Waals surface area contributed by atoms with Gasteiger partial charge in [-0.3, -0.25) is 9.13 Å². The highest BCUT2D eigenvalue weighted by molar-refractivity contribution is 7.71. The van der Waals surface area contributed by atoms with Crippen LogP contribution in [0.25, 0.3) is 5.69 Å². The first-order valence-corrected chi connectivity index (χ1v) is 9.05. The molecular weight excluding hydrogens is 306 g/mol. The van der Waals surface area contributed by atoms with Crippen LogP contribution in [0.4, 0.5) is 0 Å². The van der Waals surface area contributed by atoms with E-state index in [4.69, 9.17) is 17.0 Å². The lowest BCUT2D eigenvalue weighted by molar-refractivity contribution is -0.930. The number of aromatic nitrogens is 2. The fraction of sp³-hybridized carbons (Fsp3) is 0.500. The van der Waals surface area contributed by atoms with Gasteiger partial charge in [-0.15, -0.1) is 0 Å². The Morgan fingerprint density at radius 2 is 1.70 bits per heavy atom. The molecule has 23 heavy (non-hydrogen) atoms. The molecule has 2 heterocycles. The van der Waals surface area contributed by atoms with Gasteiger partial charge in [0.05, 0.1) is 13.2 Å². The maximum absolute atomic E-state index is 5.89. The summed E-state index contributed by atoms with van der Waals surface area (Å²) < 4.78 is 11.2. The van der Waals surface area contributed by atoms with E-state index in [1.165, 1.54) is 29.9 Å². The summed E-state index contributed by atoms with van der Waals surface area (Å²) in [7, 11) is 0. The first-order chi connectivity index (χ1) is 11.3. The molecule has 0 radical (unpaired) electrons. The topological polar surface area (TPSA) is 23.5 Å². The molecule has 1 aromatic carbocycles. The second kappa shape index (κ2) is 6.59. The fourth-order valence-electron chi connectivity index (χ4n) is 3.80. The third-order valence-electron chi connectivity index (χ3n) is 5.02. The van der Waals surface area contributed by atoms with E-state index in [0.717, 1.165) is 50.6 Å². The van der Waals surface area contributed by atoms with Crippen molar-refractivity contribution in [3.8, 4) is 5.69 Å². The Kier molecular flexibility index (Phi) is 4.33. The molecule has 2 aromatic rings. The van der Waals surface area contributed by atoms with Crippen LogP contribution in [0.5, 0.6) is 0 Å². The fourth-order valence-corrected chi connectivity index (χ4v) is 4.20. The van der Waals surface area contributed by atoms with Gasteiger partial charge in [0.2, 0.25) is 0 Å². The Balaban J connectivity index is 1.77. The number of imidazole rings is 1. The van der Waals surface area contributed by atoms with Crippen LogP contribution in [0.1, 0.15) is 24.2 Å². The first-order valence-electron chi connectivity index (χ1n) is 8.64. The van der Waals surface area contributed by atoms with E-state index in [1.54, 1.807) is 4.90 Å². The summed E-state index contributed by atoms with van der Waals surface area (Å²) in [6.45, 7) is 4.86. The Labute approximate surface area is 142 Å². The monoisotopic (exact) mass is 330 g/mol. The molecule has 0 atom stereocenters. The van der Waals surface area contributed by atoms with E-state index >= 15 is 0 Å². The molecule has 2 aliphatic rings. The molecule has 122 valence electrons. The average Bonchev–Trinajstić information content (AvgIpc) is 2.89. The third-order valence-corrected chi connectivity index (χ3v) is 5.43. The number of rotatable bonds is 3. The van der Waals surface area contributed by atoms with E-state index < -0.39 is 0 Å². The lowest BCUT2D eigenvalue weighted by atomic mass is 10.0. The molecule has 0 spiro atoms. The smallest absolute Gasteiger partial charge is 0.189 e. The summed E-state index contributed by atoms with van der Waals surface area (Å²) >= 11 is 5.89. The number of quaternary nitrogens is 1. The summed E-state index contributed by atoms with van der Waals surface area (Å²) in [5.74, 6) is 0. The minimum absolute atomic E-state index is 0.865. The zero-order valence-corrected chi connectivity index (χ0v) is 14.3. The van der Waals surface area contributed by atoms with Crippen LogP contribution in [0.3, 0.4) is 0 Å². The zero-order valence-electron chi connectivity index (χ0n) is 13.5. The van der Waals surface area contributed by atoms with Crippen molar-refractivity contribution in [1.82, 2.24) is 9.13 Å². The summed E-state index contributed by atoms with van der Waals surface area (Å²) in [5.41, 5.74) is 4.09. The zero-order chi connectivity index (χ0) is 15.6. The molecule has 0 amide bonds. The molecule has 0 bridgehead atoms. The van der Waals surface area contributed by atoms with Crippen LogP contribution in [-0.4, -0.2) is 35.4 Å². The first kappa shape index (κ1) is 15.1. The molecule has 1 N–H and O–H groups in total. The van der Waals surface area contributed by atoms with Gasteiger partial charge in [0.1, 0.15) is 13.1 Å². The number of morpholine rings is 1. The molecule has 5 heteroatoms. The highest BCUT2D eigenvalue weighted by Gasteiger charge is 2.24. The molecule has 1 aliphatic carbocycles. The summed E-state index contributed by atoms with van der Waals surface area (Å²) in [4.78, 5) is 1.57. The SMILES string of the molecule is S=c1n(C[NH+]2CCOCC2)c2c(n1-c1ccccc1)CCCC2. The summed E-state index contributed by atoms with van der Waals surface area (Å²) in [6.07, 6.45) is 4.84. The maximum atomic E-state index is 5.89. The number of hydrogen-bond acceptors (Lipinski definition) is 2.